The lowest BCUT2D eigenvalue weighted by molar-refractivity contribution is -0.144. The van der Waals surface area contributed by atoms with Crippen LogP contribution < -0.4 is 5.32 Å². The monoisotopic (exact) mass is 216 g/mol. The van der Waals surface area contributed by atoms with Gasteiger partial charge in [-0.15, -0.1) is 0 Å². The van der Waals surface area contributed by atoms with Crippen LogP contribution in [0, 0.1) is 5.92 Å². The number of urea groups is 1. The lowest BCUT2D eigenvalue weighted by Crippen LogP contribution is -2.49. The highest BCUT2D eigenvalue weighted by atomic mass is 16.5. The highest BCUT2D eigenvalue weighted by molar-refractivity contribution is 5.83. The molecule has 0 spiro atoms. The molecule has 0 aromatic rings. The lowest BCUT2D eigenvalue weighted by Gasteiger charge is -2.23. The number of nitrogens with one attached hydrogen (secondary N) is 1. The van der Waals surface area contributed by atoms with Crippen molar-refractivity contribution in [2.24, 2.45) is 5.92 Å². The quantitative estimate of drug-likeness (QED) is 0.709. The summed E-state index contributed by atoms with van der Waals surface area (Å²) in [6.45, 7) is 6.17. The minimum Gasteiger partial charge on any atom is -0.467 e. The summed E-state index contributed by atoms with van der Waals surface area (Å²) in [4.78, 5) is 24.4. The Hall–Kier alpha value is -1.26. The Morgan fingerprint density at radius 3 is 2.27 bits per heavy atom. The molecule has 88 valence electrons. The van der Waals surface area contributed by atoms with Gasteiger partial charge in [-0.25, -0.2) is 9.59 Å². The Morgan fingerprint density at radius 2 is 1.93 bits per heavy atom. The van der Waals surface area contributed by atoms with Crippen molar-refractivity contribution in [1.82, 2.24) is 10.2 Å². The Bertz CT molecular complexity index is 229. The van der Waals surface area contributed by atoms with E-state index < -0.39 is 12.0 Å². The third-order valence-electron chi connectivity index (χ3n) is 2.22. The molecule has 1 N–H and O–H groups in total. The third-order valence-corrected chi connectivity index (χ3v) is 2.22. The van der Waals surface area contributed by atoms with Crippen molar-refractivity contribution in [3.8, 4) is 0 Å². The summed E-state index contributed by atoms with van der Waals surface area (Å²) in [5.74, 6) is -0.408. The van der Waals surface area contributed by atoms with Gasteiger partial charge < -0.3 is 15.0 Å². The number of nitrogens with zero attached hydrogens (tertiary/aromatic N) is 1. The first kappa shape index (κ1) is 13.7. The number of ether oxygens (including phenoxy) is 1. The van der Waals surface area contributed by atoms with E-state index in [0.29, 0.717) is 6.54 Å². The van der Waals surface area contributed by atoms with Crippen LogP contribution in [0.2, 0.25) is 0 Å². The maximum atomic E-state index is 11.5. The molecule has 2 amide bonds. The van der Waals surface area contributed by atoms with Gasteiger partial charge in [0.05, 0.1) is 7.11 Å². The second-order valence-corrected chi connectivity index (χ2v) is 3.71. The first-order valence-corrected chi connectivity index (χ1v) is 5.03. The van der Waals surface area contributed by atoms with Gasteiger partial charge in [0.15, 0.2) is 0 Å². The summed E-state index contributed by atoms with van der Waals surface area (Å²) < 4.78 is 4.62. The summed E-state index contributed by atoms with van der Waals surface area (Å²) in [7, 11) is 2.98. The summed E-state index contributed by atoms with van der Waals surface area (Å²) in [6, 6.07) is -0.849. The number of hydrogen-bond acceptors (Lipinski definition) is 3. The standard InChI is InChI=1S/C10H20N2O3/c1-6-12(4)10(14)11-8(7(2)3)9(13)15-5/h7-8H,6H2,1-5H3,(H,11,14). The molecule has 0 saturated heterocycles. The zero-order chi connectivity index (χ0) is 12.0. The summed E-state index contributed by atoms with van der Waals surface area (Å²) in [6.07, 6.45) is 0. The van der Waals surface area contributed by atoms with Gasteiger partial charge in [0.25, 0.3) is 0 Å². The molecule has 0 aliphatic carbocycles. The van der Waals surface area contributed by atoms with E-state index in [1.54, 1.807) is 7.05 Å². The van der Waals surface area contributed by atoms with Gasteiger partial charge in [0.1, 0.15) is 6.04 Å². The van der Waals surface area contributed by atoms with Gasteiger partial charge in [-0.1, -0.05) is 13.8 Å². The predicted molar refractivity (Wildman–Crippen MR) is 57.5 cm³/mol. The number of hydrogen-bond donors (Lipinski definition) is 1. The smallest absolute Gasteiger partial charge is 0.328 e. The average Bonchev–Trinajstić information content (AvgIpc) is 2.22. The molecule has 0 saturated carbocycles. The van der Waals surface area contributed by atoms with Gasteiger partial charge in [0.2, 0.25) is 0 Å². The number of methoxy groups -OCH3 is 1. The molecule has 0 radical (unpaired) electrons. The highest BCUT2D eigenvalue weighted by Gasteiger charge is 2.25. The van der Waals surface area contributed by atoms with Crippen LogP contribution in [0.3, 0.4) is 0 Å². The first-order valence-electron chi connectivity index (χ1n) is 5.03. The van der Waals surface area contributed by atoms with Crippen LogP contribution in [0.4, 0.5) is 4.79 Å². The van der Waals surface area contributed by atoms with E-state index in [9.17, 15) is 9.59 Å². The van der Waals surface area contributed by atoms with Crippen LogP contribution in [-0.4, -0.2) is 43.6 Å². The third kappa shape index (κ3) is 4.18. The normalized spacial score (nSPS) is 12.1. The van der Waals surface area contributed by atoms with Crippen molar-refractivity contribution < 1.29 is 14.3 Å². The zero-order valence-corrected chi connectivity index (χ0v) is 10.0. The van der Waals surface area contributed by atoms with Crippen molar-refractivity contribution in [2.75, 3.05) is 20.7 Å². The molecule has 0 heterocycles. The van der Waals surface area contributed by atoms with E-state index in [0.717, 1.165) is 0 Å². The molecular weight excluding hydrogens is 196 g/mol. The maximum Gasteiger partial charge on any atom is 0.328 e. The topological polar surface area (TPSA) is 58.6 Å². The van der Waals surface area contributed by atoms with Crippen molar-refractivity contribution in [3.05, 3.63) is 0 Å². The molecule has 5 heteroatoms. The predicted octanol–water partition coefficient (Wildman–Crippen LogP) is 0.845. The van der Waals surface area contributed by atoms with Gasteiger partial charge >= 0.3 is 12.0 Å². The van der Waals surface area contributed by atoms with Crippen molar-refractivity contribution in [2.45, 2.75) is 26.8 Å². The number of amides is 2. The van der Waals surface area contributed by atoms with Gasteiger partial charge in [-0.05, 0) is 12.8 Å². The van der Waals surface area contributed by atoms with E-state index in [-0.39, 0.29) is 11.9 Å². The highest BCUT2D eigenvalue weighted by Crippen LogP contribution is 2.04. The van der Waals surface area contributed by atoms with Crippen molar-refractivity contribution in [3.63, 3.8) is 0 Å². The SMILES string of the molecule is CCN(C)C(=O)NC(C(=O)OC)C(C)C. The number of carbonyl (C=O) groups is 2. The largest absolute Gasteiger partial charge is 0.467 e. The van der Waals surface area contributed by atoms with E-state index in [2.05, 4.69) is 10.1 Å². The Morgan fingerprint density at radius 1 is 1.40 bits per heavy atom. The van der Waals surface area contributed by atoms with Gasteiger partial charge in [-0.3, -0.25) is 0 Å². The second-order valence-electron chi connectivity index (χ2n) is 3.71. The van der Waals surface area contributed by atoms with E-state index in [1.165, 1.54) is 12.0 Å². The van der Waals surface area contributed by atoms with Crippen LogP contribution in [-0.2, 0) is 9.53 Å². The maximum absolute atomic E-state index is 11.5. The summed E-state index contributed by atoms with van der Waals surface area (Å²) >= 11 is 0. The molecular formula is C10H20N2O3. The van der Waals surface area contributed by atoms with Crippen LogP contribution in [0.1, 0.15) is 20.8 Å². The Balaban J connectivity index is 4.42. The fraction of sp³-hybridized carbons (Fsp3) is 0.800. The van der Waals surface area contributed by atoms with E-state index in [1.807, 2.05) is 20.8 Å². The van der Waals surface area contributed by atoms with E-state index in [4.69, 9.17) is 0 Å². The molecule has 0 aliphatic heterocycles. The Kier molecular flexibility index (Phi) is 5.74. The molecule has 0 rings (SSSR count). The summed E-state index contributed by atoms with van der Waals surface area (Å²) in [5.41, 5.74) is 0. The molecule has 5 nitrogen and oxygen atoms in total. The molecule has 0 fully saturated rings. The minimum atomic E-state index is -0.587. The second kappa shape index (κ2) is 6.27. The zero-order valence-electron chi connectivity index (χ0n) is 10.0. The average molecular weight is 216 g/mol. The van der Waals surface area contributed by atoms with Gasteiger partial charge in [0, 0.05) is 13.6 Å². The fourth-order valence-corrected chi connectivity index (χ4v) is 1.01. The van der Waals surface area contributed by atoms with Crippen LogP contribution in [0.15, 0.2) is 0 Å². The number of rotatable bonds is 4. The van der Waals surface area contributed by atoms with Crippen LogP contribution in [0.25, 0.3) is 0 Å². The molecule has 0 aliphatic rings. The fourth-order valence-electron chi connectivity index (χ4n) is 1.01. The molecule has 0 aromatic heterocycles. The lowest BCUT2D eigenvalue weighted by atomic mass is 10.1. The molecule has 0 aromatic carbocycles. The number of esters is 1. The van der Waals surface area contributed by atoms with Crippen molar-refractivity contribution in [1.29, 1.82) is 0 Å². The Labute approximate surface area is 90.8 Å². The van der Waals surface area contributed by atoms with Crippen molar-refractivity contribution >= 4 is 12.0 Å². The number of carbonyl (C=O) groups excluding carboxylic acids is 2. The van der Waals surface area contributed by atoms with Crippen LogP contribution in [0.5, 0.6) is 0 Å². The summed E-state index contributed by atoms with van der Waals surface area (Å²) in [5, 5.41) is 2.63. The molecule has 1 unspecified atom stereocenters. The molecule has 15 heavy (non-hydrogen) atoms. The molecule has 0 bridgehead atoms. The minimum absolute atomic E-state index is 0.00616. The molecule has 1 atom stereocenters. The van der Waals surface area contributed by atoms with Gasteiger partial charge in [-0.2, -0.15) is 0 Å². The first-order chi connectivity index (χ1) is 6.93. The van der Waals surface area contributed by atoms with E-state index >= 15 is 0 Å². The van der Waals surface area contributed by atoms with Crippen LogP contribution >= 0.6 is 0 Å².